The highest BCUT2D eigenvalue weighted by Crippen LogP contribution is 2.25. The number of nitrogens with zero attached hydrogens (tertiary/aromatic N) is 2. The Morgan fingerprint density at radius 1 is 1.30 bits per heavy atom. The molecule has 2 heterocycles. The van der Waals surface area contributed by atoms with Crippen molar-refractivity contribution >= 4 is 0 Å². The topological polar surface area (TPSA) is 53.6 Å². The second kappa shape index (κ2) is 6.18. The Balaban J connectivity index is 2.00. The third-order valence-electron chi connectivity index (χ3n) is 4.13. The third kappa shape index (κ3) is 3.45. The maximum atomic E-state index is 4.16. The first-order valence-electron chi connectivity index (χ1n) is 7.14. The van der Waals surface area contributed by atoms with Gasteiger partial charge in [-0.05, 0) is 23.5 Å². The largest absolute Gasteiger partial charge is 0.312 e. The number of H-pyrrole nitrogens is 1. The van der Waals surface area contributed by atoms with Crippen molar-refractivity contribution < 1.29 is 0 Å². The zero-order chi connectivity index (χ0) is 14.6. The predicted molar refractivity (Wildman–Crippen MR) is 82.1 cm³/mol. The lowest BCUT2D eigenvalue weighted by molar-refractivity contribution is 0.238. The molecule has 0 aromatic carbocycles. The van der Waals surface area contributed by atoms with Gasteiger partial charge < -0.3 is 5.32 Å². The zero-order valence-electron chi connectivity index (χ0n) is 12.8. The van der Waals surface area contributed by atoms with Crippen molar-refractivity contribution in [2.75, 3.05) is 6.54 Å². The van der Waals surface area contributed by atoms with E-state index < -0.39 is 0 Å². The molecule has 0 unspecified atom stereocenters. The summed E-state index contributed by atoms with van der Waals surface area (Å²) in [6.07, 6.45) is 5.52. The van der Waals surface area contributed by atoms with Crippen molar-refractivity contribution in [3.63, 3.8) is 0 Å². The van der Waals surface area contributed by atoms with Gasteiger partial charge in [-0.25, -0.2) is 0 Å². The molecule has 0 fully saturated rings. The lowest BCUT2D eigenvalue weighted by atomic mass is 9.81. The zero-order valence-corrected chi connectivity index (χ0v) is 12.8. The molecule has 0 saturated heterocycles. The van der Waals surface area contributed by atoms with E-state index in [2.05, 4.69) is 48.2 Å². The van der Waals surface area contributed by atoms with Gasteiger partial charge in [-0.2, -0.15) is 5.10 Å². The minimum absolute atomic E-state index is 0.290. The van der Waals surface area contributed by atoms with Gasteiger partial charge in [0.1, 0.15) is 0 Å². The molecular formula is C16H24N4. The Hall–Kier alpha value is -1.68. The minimum atomic E-state index is 0.290. The van der Waals surface area contributed by atoms with Crippen molar-refractivity contribution in [2.24, 2.45) is 11.3 Å². The van der Waals surface area contributed by atoms with Gasteiger partial charge in [0.15, 0.2) is 0 Å². The molecule has 0 saturated carbocycles. The van der Waals surface area contributed by atoms with Crippen LogP contribution >= 0.6 is 0 Å². The second-order valence-electron chi connectivity index (χ2n) is 6.26. The van der Waals surface area contributed by atoms with E-state index in [1.807, 2.05) is 24.5 Å². The van der Waals surface area contributed by atoms with Gasteiger partial charge in [0.25, 0.3) is 0 Å². The van der Waals surface area contributed by atoms with E-state index in [9.17, 15) is 0 Å². The number of rotatable bonds is 6. The molecule has 4 heteroatoms. The van der Waals surface area contributed by atoms with Crippen LogP contribution in [0.3, 0.4) is 0 Å². The molecule has 0 amide bonds. The van der Waals surface area contributed by atoms with Crippen molar-refractivity contribution in [3.8, 4) is 11.3 Å². The van der Waals surface area contributed by atoms with Crippen LogP contribution in [0.25, 0.3) is 11.3 Å². The summed E-state index contributed by atoms with van der Waals surface area (Å²) < 4.78 is 0. The first kappa shape index (κ1) is 14.7. The van der Waals surface area contributed by atoms with Crippen LogP contribution in [0, 0.1) is 11.3 Å². The van der Waals surface area contributed by atoms with E-state index in [0.29, 0.717) is 5.92 Å². The van der Waals surface area contributed by atoms with Crippen LogP contribution in [0.1, 0.15) is 33.3 Å². The number of hydrogen-bond acceptors (Lipinski definition) is 3. The molecule has 2 aromatic heterocycles. The van der Waals surface area contributed by atoms with E-state index in [-0.39, 0.29) is 5.41 Å². The van der Waals surface area contributed by atoms with Crippen LogP contribution in [-0.2, 0) is 6.54 Å². The summed E-state index contributed by atoms with van der Waals surface area (Å²) in [5, 5.41) is 10.8. The van der Waals surface area contributed by atoms with E-state index in [1.165, 1.54) is 5.56 Å². The van der Waals surface area contributed by atoms with E-state index in [0.717, 1.165) is 24.3 Å². The molecule has 2 N–H and O–H groups in total. The quantitative estimate of drug-likeness (QED) is 0.848. The van der Waals surface area contributed by atoms with Crippen molar-refractivity contribution in [1.82, 2.24) is 20.5 Å². The highest BCUT2D eigenvalue weighted by Gasteiger charge is 2.21. The number of aromatic amines is 1. The lowest BCUT2D eigenvalue weighted by Crippen LogP contribution is -2.33. The maximum absolute atomic E-state index is 4.16. The van der Waals surface area contributed by atoms with Gasteiger partial charge in [0.05, 0.1) is 11.9 Å². The summed E-state index contributed by atoms with van der Waals surface area (Å²) in [6.45, 7) is 10.9. The number of nitrogens with one attached hydrogen (secondary N) is 2. The van der Waals surface area contributed by atoms with Crippen LogP contribution in [0.4, 0.5) is 0 Å². The van der Waals surface area contributed by atoms with Crippen LogP contribution in [-0.4, -0.2) is 21.7 Å². The average molecular weight is 272 g/mol. The smallest absolute Gasteiger partial charge is 0.0710 e. The SMILES string of the molecule is CC(C)C(C)(C)CNCc1cn[nH]c1-c1cccnc1. The van der Waals surface area contributed by atoms with Crippen LogP contribution in [0.15, 0.2) is 30.7 Å². The number of pyridine rings is 1. The predicted octanol–water partition coefficient (Wildman–Crippen LogP) is 3.24. The molecule has 0 bridgehead atoms. The molecule has 0 spiro atoms. The molecule has 0 radical (unpaired) electrons. The molecule has 108 valence electrons. The molecule has 2 aromatic rings. The van der Waals surface area contributed by atoms with Crippen molar-refractivity contribution in [1.29, 1.82) is 0 Å². The summed E-state index contributed by atoms with van der Waals surface area (Å²) in [7, 11) is 0. The molecule has 0 atom stereocenters. The number of hydrogen-bond donors (Lipinski definition) is 2. The van der Waals surface area contributed by atoms with E-state index in [1.54, 1.807) is 6.20 Å². The monoisotopic (exact) mass is 272 g/mol. The van der Waals surface area contributed by atoms with Gasteiger partial charge >= 0.3 is 0 Å². The van der Waals surface area contributed by atoms with Crippen LogP contribution < -0.4 is 5.32 Å². The fraction of sp³-hybridized carbons (Fsp3) is 0.500. The Morgan fingerprint density at radius 3 is 2.75 bits per heavy atom. The van der Waals surface area contributed by atoms with E-state index >= 15 is 0 Å². The Kier molecular flexibility index (Phi) is 4.55. The highest BCUT2D eigenvalue weighted by molar-refractivity contribution is 5.61. The first-order chi connectivity index (χ1) is 9.50. The van der Waals surface area contributed by atoms with Gasteiger partial charge in [-0.3, -0.25) is 10.1 Å². The normalized spacial score (nSPS) is 12.1. The summed E-state index contributed by atoms with van der Waals surface area (Å²) in [6, 6.07) is 3.98. The molecule has 4 nitrogen and oxygen atoms in total. The van der Waals surface area contributed by atoms with Gasteiger partial charge in [0, 0.05) is 36.6 Å². The Morgan fingerprint density at radius 2 is 2.10 bits per heavy atom. The third-order valence-corrected chi connectivity index (χ3v) is 4.13. The highest BCUT2D eigenvalue weighted by atomic mass is 15.1. The Labute approximate surface area is 121 Å². The Bertz CT molecular complexity index is 528. The average Bonchev–Trinajstić information content (AvgIpc) is 2.88. The summed E-state index contributed by atoms with van der Waals surface area (Å²) in [5.74, 6) is 0.650. The van der Waals surface area contributed by atoms with Crippen molar-refractivity contribution in [3.05, 3.63) is 36.3 Å². The fourth-order valence-electron chi connectivity index (χ4n) is 1.93. The number of aromatic nitrogens is 3. The lowest BCUT2D eigenvalue weighted by Gasteiger charge is -2.29. The van der Waals surface area contributed by atoms with Gasteiger partial charge in [-0.15, -0.1) is 0 Å². The fourth-order valence-corrected chi connectivity index (χ4v) is 1.93. The maximum Gasteiger partial charge on any atom is 0.0710 e. The van der Waals surface area contributed by atoms with Crippen molar-refractivity contribution in [2.45, 2.75) is 34.2 Å². The molecule has 0 aliphatic heterocycles. The van der Waals surface area contributed by atoms with Gasteiger partial charge in [-0.1, -0.05) is 27.7 Å². The summed E-state index contributed by atoms with van der Waals surface area (Å²) in [4.78, 5) is 4.16. The molecular weight excluding hydrogens is 248 g/mol. The van der Waals surface area contributed by atoms with Crippen LogP contribution in [0.5, 0.6) is 0 Å². The first-order valence-corrected chi connectivity index (χ1v) is 7.14. The standard InChI is InChI=1S/C16H24N4/c1-12(2)16(3,4)11-18-9-14-10-19-20-15(14)13-6-5-7-17-8-13/h5-8,10,12,18H,9,11H2,1-4H3,(H,19,20). The minimum Gasteiger partial charge on any atom is -0.312 e. The molecule has 2 rings (SSSR count). The summed E-state index contributed by atoms with van der Waals surface area (Å²) in [5.41, 5.74) is 3.59. The molecule has 20 heavy (non-hydrogen) atoms. The second-order valence-corrected chi connectivity index (χ2v) is 6.26. The van der Waals surface area contributed by atoms with Crippen LogP contribution in [0.2, 0.25) is 0 Å². The molecule has 0 aliphatic rings. The molecule has 0 aliphatic carbocycles. The van der Waals surface area contributed by atoms with E-state index in [4.69, 9.17) is 0 Å². The van der Waals surface area contributed by atoms with Gasteiger partial charge in [0.2, 0.25) is 0 Å². The summed E-state index contributed by atoms with van der Waals surface area (Å²) >= 11 is 0.